The highest BCUT2D eigenvalue weighted by molar-refractivity contribution is 5.49. The van der Waals surface area contributed by atoms with Gasteiger partial charge in [0.15, 0.2) is 5.89 Å². The van der Waals surface area contributed by atoms with Gasteiger partial charge in [0.25, 0.3) is 0 Å². The normalized spacial score (nSPS) is 19.0. The van der Waals surface area contributed by atoms with Gasteiger partial charge in [-0.25, -0.2) is 15.0 Å². The molecule has 0 atom stereocenters. The smallest absolute Gasteiger partial charge is 0.191 e. The molecule has 128 valence electrons. The first-order chi connectivity index (χ1) is 11.6. The third-order valence-corrected chi connectivity index (χ3v) is 5.05. The lowest BCUT2D eigenvalue weighted by Crippen LogP contribution is -2.46. The summed E-state index contributed by atoms with van der Waals surface area (Å²) in [5, 5.41) is 0. The predicted molar refractivity (Wildman–Crippen MR) is 92.2 cm³/mol. The van der Waals surface area contributed by atoms with Crippen molar-refractivity contribution in [3.8, 4) is 0 Å². The summed E-state index contributed by atoms with van der Waals surface area (Å²) in [7, 11) is 0. The Morgan fingerprint density at radius 1 is 1.04 bits per heavy atom. The number of nitrogens with zero attached hydrogens (tertiary/aromatic N) is 5. The zero-order valence-corrected chi connectivity index (χ0v) is 14.7. The van der Waals surface area contributed by atoms with E-state index in [2.05, 4.69) is 28.6 Å². The summed E-state index contributed by atoms with van der Waals surface area (Å²) in [6, 6.07) is 0. The number of piperazine rings is 1. The fraction of sp³-hybridized carbons (Fsp3) is 0.611. The summed E-state index contributed by atoms with van der Waals surface area (Å²) in [6.07, 6.45) is 4.25. The highest BCUT2D eigenvalue weighted by Gasteiger charge is 2.29. The monoisotopic (exact) mass is 327 g/mol. The summed E-state index contributed by atoms with van der Waals surface area (Å²) in [4.78, 5) is 18.8. The van der Waals surface area contributed by atoms with Crippen molar-refractivity contribution < 1.29 is 4.42 Å². The molecule has 0 N–H and O–H groups in total. The maximum atomic E-state index is 5.30. The van der Waals surface area contributed by atoms with Gasteiger partial charge in [0.2, 0.25) is 0 Å². The average molecular weight is 327 g/mol. The van der Waals surface area contributed by atoms with Gasteiger partial charge in [0, 0.05) is 56.8 Å². The van der Waals surface area contributed by atoms with Crippen LogP contribution in [-0.4, -0.2) is 46.0 Å². The molecule has 0 amide bonds. The van der Waals surface area contributed by atoms with E-state index in [1.807, 2.05) is 6.92 Å². The van der Waals surface area contributed by atoms with Crippen molar-refractivity contribution in [2.24, 2.45) is 0 Å². The lowest BCUT2D eigenvalue weighted by molar-refractivity contribution is 0.246. The lowest BCUT2D eigenvalue weighted by Gasteiger charge is -2.36. The Morgan fingerprint density at radius 3 is 2.42 bits per heavy atom. The molecule has 4 rings (SSSR count). The zero-order chi connectivity index (χ0) is 16.7. The molecule has 0 spiro atoms. The third-order valence-electron chi connectivity index (χ3n) is 5.05. The van der Waals surface area contributed by atoms with Crippen LogP contribution in [-0.2, 0) is 6.54 Å². The van der Waals surface area contributed by atoms with Crippen molar-refractivity contribution >= 4 is 5.82 Å². The number of hydrogen-bond donors (Lipinski definition) is 0. The van der Waals surface area contributed by atoms with Gasteiger partial charge in [0.05, 0.1) is 5.69 Å². The van der Waals surface area contributed by atoms with E-state index in [1.165, 1.54) is 18.4 Å². The summed E-state index contributed by atoms with van der Waals surface area (Å²) in [5.74, 6) is 3.53. The minimum absolute atomic E-state index is 0.597. The summed E-state index contributed by atoms with van der Waals surface area (Å²) >= 11 is 0. The van der Waals surface area contributed by atoms with E-state index in [0.29, 0.717) is 5.92 Å². The minimum Gasteiger partial charge on any atom is -0.449 e. The van der Waals surface area contributed by atoms with E-state index in [1.54, 1.807) is 6.26 Å². The molecule has 2 fully saturated rings. The molecule has 1 aliphatic carbocycles. The standard InChI is InChI=1S/C18H25N5O/c1-12-13(2)19-17(15-4-5-15)21-18(12)23-8-6-22(7-9-23)10-16-11-24-14(3)20-16/h11,15H,4-10H2,1-3H3. The van der Waals surface area contributed by atoms with Crippen molar-refractivity contribution in [2.45, 2.75) is 46.1 Å². The molecule has 1 saturated carbocycles. The second kappa shape index (κ2) is 6.16. The number of hydrogen-bond acceptors (Lipinski definition) is 6. The van der Waals surface area contributed by atoms with Crippen LogP contribution in [0.15, 0.2) is 10.7 Å². The van der Waals surface area contributed by atoms with Crippen LogP contribution in [0.1, 0.15) is 47.4 Å². The first kappa shape index (κ1) is 15.6. The molecule has 3 heterocycles. The second-order valence-electron chi connectivity index (χ2n) is 7.01. The summed E-state index contributed by atoms with van der Waals surface area (Å²) < 4.78 is 5.30. The van der Waals surface area contributed by atoms with Crippen molar-refractivity contribution in [1.29, 1.82) is 0 Å². The van der Waals surface area contributed by atoms with Gasteiger partial charge < -0.3 is 9.32 Å². The Kier molecular flexibility index (Phi) is 4.00. The number of aromatic nitrogens is 3. The maximum Gasteiger partial charge on any atom is 0.191 e. The molecule has 0 unspecified atom stereocenters. The van der Waals surface area contributed by atoms with Crippen LogP contribution >= 0.6 is 0 Å². The average Bonchev–Trinajstić information content (AvgIpc) is 3.34. The van der Waals surface area contributed by atoms with Gasteiger partial charge in [-0.15, -0.1) is 0 Å². The van der Waals surface area contributed by atoms with Crippen molar-refractivity contribution in [3.63, 3.8) is 0 Å². The van der Waals surface area contributed by atoms with E-state index in [0.717, 1.165) is 61.6 Å². The minimum atomic E-state index is 0.597. The predicted octanol–water partition coefficient (Wildman–Crippen LogP) is 2.59. The Balaban J connectivity index is 1.44. The topological polar surface area (TPSA) is 58.3 Å². The molecule has 2 aromatic heterocycles. The van der Waals surface area contributed by atoms with E-state index in [4.69, 9.17) is 14.4 Å². The van der Waals surface area contributed by atoms with Crippen LogP contribution in [0, 0.1) is 20.8 Å². The van der Waals surface area contributed by atoms with Crippen LogP contribution < -0.4 is 4.90 Å². The molecule has 0 radical (unpaired) electrons. The van der Waals surface area contributed by atoms with Gasteiger partial charge in [-0.2, -0.15) is 0 Å². The van der Waals surface area contributed by atoms with Crippen LogP contribution in [0.25, 0.3) is 0 Å². The molecule has 6 heteroatoms. The SMILES string of the molecule is Cc1nc(CN2CCN(c3nc(C4CC4)nc(C)c3C)CC2)co1. The Morgan fingerprint density at radius 2 is 1.79 bits per heavy atom. The summed E-state index contributed by atoms with van der Waals surface area (Å²) in [6.45, 7) is 11.0. The molecule has 0 aromatic carbocycles. The van der Waals surface area contributed by atoms with Crippen LogP contribution in [0.4, 0.5) is 5.82 Å². The second-order valence-corrected chi connectivity index (χ2v) is 7.01. The van der Waals surface area contributed by atoms with Crippen molar-refractivity contribution in [2.75, 3.05) is 31.1 Å². The van der Waals surface area contributed by atoms with Gasteiger partial charge in [-0.1, -0.05) is 0 Å². The Labute approximate surface area is 142 Å². The molecule has 2 aliphatic rings. The van der Waals surface area contributed by atoms with E-state index in [9.17, 15) is 0 Å². The number of anilines is 1. The fourth-order valence-electron chi connectivity index (χ4n) is 3.29. The molecule has 24 heavy (non-hydrogen) atoms. The van der Waals surface area contributed by atoms with Crippen LogP contribution in [0.5, 0.6) is 0 Å². The van der Waals surface area contributed by atoms with Gasteiger partial charge >= 0.3 is 0 Å². The number of oxazole rings is 1. The molecule has 6 nitrogen and oxygen atoms in total. The largest absolute Gasteiger partial charge is 0.449 e. The highest BCUT2D eigenvalue weighted by Crippen LogP contribution is 2.39. The van der Waals surface area contributed by atoms with Gasteiger partial charge in [0.1, 0.15) is 17.9 Å². The molecular weight excluding hydrogens is 302 g/mol. The summed E-state index contributed by atoms with van der Waals surface area (Å²) in [5.41, 5.74) is 3.37. The Bertz CT molecular complexity index is 729. The van der Waals surface area contributed by atoms with Gasteiger partial charge in [-0.05, 0) is 26.7 Å². The third kappa shape index (κ3) is 3.15. The first-order valence-electron chi connectivity index (χ1n) is 8.83. The van der Waals surface area contributed by atoms with Crippen molar-refractivity contribution in [3.05, 3.63) is 34.9 Å². The fourth-order valence-corrected chi connectivity index (χ4v) is 3.29. The lowest BCUT2D eigenvalue weighted by atomic mass is 10.2. The van der Waals surface area contributed by atoms with Gasteiger partial charge in [-0.3, -0.25) is 4.90 Å². The van der Waals surface area contributed by atoms with Crippen LogP contribution in [0.3, 0.4) is 0 Å². The number of aryl methyl sites for hydroxylation is 2. The molecule has 1 aliphatic heterocycles. The zero-order valence-electron chi connectivity index (χ0n) is 14.7. The first-order valence-corrected chi connectivity index (χ1v) is 8.83. The molecule has 1 saturated heterocycles. The maximum absolute atomic E-state index is 5.30. The number of rotatable bonds is 4. The van der Waals surface area contributed by atoms with E-state index in [-0.39, 0.29) is 0 Å². The van der Waals surface area contributed by atoms with E-state index >= 15 is 0 Å². The molecule has 2 aromatic rings. The molecule has 0 bridgehead atoms. The Hall–Kier alpha value is -1.95. The van der Waals surface area contributed by atoms with Crippen LogP contribution in [0.2, 0.25) is 0 Å². The quantitative estimate of drug-likeness (QED) is 0.860. The van der Waals surface area contributed by atoms with E-state index < -0.39 is 0 Å². The van der Waals surface area contributed by atoms with Crippen molar-refractivity contribution in [1.82, 2.24) is 19.9 Å². The highest BCUT2D eigenvalue weighted by atomic mass is 16.3. The molecular formula is C18H25N5O.